The van der Waals surface area contributed by atoms with Crippen LogP contribution in [0.3, 0.4) is 0 Å². The van der Waals surface area contributed by atoms with Gasteiger partial charge in [0.05, 0.1) is 18.1 Å². The fourth-order valence-electron chi connectivity index (χ4n) is 2.78. The van der Waals surface area contributed by atoms with Crippen molar-refractivity contribution in [2.24, 2.45) is 0 Å². The summed E-state index contributed by atoms with van der Waals surface area (Å²) in [6.07, 6.45) is 5.92. The van der Waals surface area contributed by atoms with Crippen LogP contribution in [0.25, 0.3) is 11.0 Å². The average molecular weight is 285 g/mol. The zero-order chi connectivity index (χ0) is 14.7. The molecule has 0 unspecified atom stereocenters. The predicted molar refractivity (Wildman–Crippen MR) is 81.4 cm³/mol. The predicted octanol–water partition coefficient (Wildman–Crippen LogP) is 3.16. The van der Waals surface area contributed by atoms with Crippen LogP contribution < -0.4 is 5.32 Å². The van der Waals surface area contributed by atoms with E-state index < -0.39 is 5.97 Å². The fraction of sp³-hybridized carbons (Fsp3) is 0.438. The number of carbonyl (C=O) groups is 1. The molecule has 1 N–H and O–H groups in total. The lowest BCUT2D eigenvalue weighted by atomic mass is 9.95. The maximum absolute atomic E-state index is 12.0. The van der Waals surface area contributed by atoms with Gasteiger partial charge in [-0.15, -0.1) is 0 Å². The number of fused-ring (bicyclic) bond motifs is 1. The Hall–Kier alpha value is -2.17. The normalized spacial score (nSPS) is 15.9. The summed E-state index contributed by atoms with van der Waals surface area (Å²) in [6.45, 7) is 0. The summed E-state index contributed by atoms with van der Waals surface area (Å²) < 4.78 is 4.83. The lowest BCUT2D eigenvalue weighted by molar-refractivity contribution is 0.0595. The van der Waals surface area contributed by atoms with Crippen molar-refractivity contribution in [1.82, 2.24) is 9.97 Å². The van der Waals surface area contributed by atoms with E-state index in [1.165, 1.54) is 26.4 Å². The van der Waals surface area contributed by atoms with E-state index in [1.807, 2.05) is 24.3 Å². The van der Waals surface area contributed by atoms with Crippen molar-refractivity contribution in [3.05, 3.63) is 30.0 Å². The van der Waals surface area contributed by atoms with Crippen LogP contribution >= 0.6 is 0 Å². The lowest BCUT2D eigenvalue weighted by Gasteiger charge is -2.24. The highest BCUT2D eigenvalue weighted by molar-refractivity contribution is 5.95. The topological polar surface area (TPSA) is 64.1 Å². The van der Waals surface area contributed by atoms with Gasteiger partial charge in [0.15, 0.2) is 11.5 Å². The van der Waals surface area contributed by atoms with Crippen molar-refractivity contribution >= 4 is 22.8 Å². The average Bonchev–Trinajstić information content (AvgIpc) is 2.54. The minimum atomic E-state index is -0.452. The Morgan fingerprint density at radius 3 is 2.48 bits per heavy atom. The van der Waals surface area contributed by atoms with Gasteiger partial charge in [-0.3, -0.25) is 0 Å². The number of carbonyl (C=O) groups excluding carboxylic acids is 1. The summed E-state index contributed by atoms with van der Waals surface area (Å²) >= 11 is 0. The van der Waals surface area contributed by atoms with Gasteiger partial charge in [-0.25, -0.2) is 14.8 Å². The number of benzene rings is 1. The summed E-state index contributed by atoms with van der Waals surface area (Å²) in [6, 6.07) is 7.90. The number of para-hydroxylation sites is 2. The summed E-state index contributed by atoms with van der Waals surface area (Å²) in [7, 11) is 1.36. The number of methoxy groups -OCH3 is 1. The van der Waals surface area contributed by atoms with Gasteiger partial charge in [0.25, 0.3) is 0 Å². The van der Waals surface area contributed by atoms with E-state index in [4.69, 9.17) is 4.74 Å². The second-order valence-corrected chi connectivity index (χ2v) is 5.38. The molecule has 3 rings (SSSR count). The number of rotatable bonds is 3. The molecule has 5 heteroatoms. The fourth-order valence-corrected chi connectivity index (χ4v) is 2.78. The summed E-state index contributed by atoms with van der Waals surface area (Å²) in [4.78, 5) is 20.9. The third-order valence-corrected chi connectivity index (χ3v) is 3.90. The van der Waals surface area contributed by atoms with Gasteiger partial charge >= 0.3 is 5.97 Å². The van der Waals surface area contributed by atoms with Crippen molar-refractivity contribution in [3.8, 4) is 0 Å². The van der Waals surface area contributed by atoms with E-state index in [0.29, 0.717) is 17.4 Å². The first-order valence-electron chi connectivity index (χ1n) is 7.39. The SMILES string of the molecule is COC(=O)c1nc2ccccc2nc1NC1CCCCC1. The van der Waals surface area contributed by atoms with E-state index in [1.54, 1.807) is 0 Å². The number of nitrogens with one attached hydrogen (secondary N) is 1. The number of esters is 1. The molecule has 0 spiro atoms. The molecular weight excluding hydrogens is 266 g/mol. The number of anilines is 1. The van der Waals surface area contributed by atoms with Crippen LogP contribution in [0.5, 0.6) is 0 Å². The molecule has 0 radical (unpaired) electrons. The van der Waals surface area contributed by atoms with Gasteiger partial charge in [-0.05, 0) is 25.0 Å². The quantitative estimate of drug-likeness (QED) is 0.878. The third-order valence-electron chi connectivity index (χ3n) is 3.90. The highest BCUT2D eigenvalue weighted by Crippen LogP contribution is 2.24. The van der Waals surface area contributed by atoms with Gasteiger partial charge in [0.2, 0.25) is 0 Å². The summed E-state index contributed by atoms with van der Waals surface area (Å²) in [5.74, 6) is 0.0824. The Balaban J connectivity index is 1.98. The number of hydrogen-bond acceptors (Lipinski definition) is 5. The first kappa shape index (κ1) is 13.8. The van der Waals surface area contributed by atoms with Crippen molar-refractivity contribution < 1.29 is 9.53 Å². The molecule has 1 fully saturated rings. The molecule has 1 aromatic heterocycles. The Morgan fingerprint density at radius 2 is 1.81 bits per heavy atom. The molecule has 1 heterocycles. The smallest absolute Gasteiger partial charge is 0.360 e. The summed E-state index contributed by atoms with van der Waals surface area (Å²) in [5, 5.41) is 3.38. The molecule has 110 valence electrons. The van der Waals surface area contributed by atoms with Crippen LogP contribution in [0.1, 0.15) is 42.6 Å². The van der Waals surface area contributed by atoms with Gasteiger partial charge in [0, 0.05) is 6.04 Å². The third kappa shape index (κ3) is 2.96. The zero-order valence-corrected chi connectivity index (χ0v) is 12.1. The minimum absolute atomic E-state index is 0.266. The second-order valence-electron chi connectivity index (χ2n) is 5.38. The molecule has 0 aliphatic heterocycles. The Morgan fingerprint density at radius 1 is 1.14 bits per heavy atom. The van der Waals surface area contributed by atoms with Crippen LogP contribution in [0.15, 0.2) is 24.3 Å². The van der Waals surface area contributed by atoms with Crippen LogP contribution in [0.2, 0.25) is 0 Å². The largest absolute Gasteiger partial charge is 0.464 e. The van der Waals surface area contributed by atoms with Crippen LogP contribution in [-0.4, -0.2) is 29.1 Å². The molecule has 0 atom stereocenters. The standard InChI is InChI=1S/C16H19N3O2/c1-21-16(20)14-15(17-11-7-3-2-4-8-11)19-13-10-6-5-9-12(13)18-14/h5-6,9-11H,2-4,7-8H2,1H3,(H,17,19). The Kier molecular flexibility index (Phi) is 3.99. The molecule has 0 bridgehead atoms. The van der Waals surface area contributed by atoms with Crippen LogP contribution in [0, 0.1) is 0 Å². The number of aromatic nitrogens is 2. The van der Waals surface area contributed by atoms with Crippen molar-refractivity contribution in [3.63, 3.8) is 0 Å². The van der Waals surface area contributed by atoms with E-state index in [0.717, 1.165) is 18.4 Å². The molecule has 1 aromatic carbocycles. The molecular formula is C16H19N3O2. The van der Waals surface area contributed by atoms with Crippen molar-refractivity contribution in [2.45, 2.75) is 38.1 Å². The molecule has 2 aromatic rings. The van der Waals surface area contributed by atoms with Gasteiger partial charge < -0.3 is 10.1 Å². The first-order valence-corrected chi connectivity index (χ1v) is 7.39. The van der Waals surface area contributed by atoms with E-state index in [9.17, 15) is 4.79 Å². The van der Waals surface area contributed by atoms with Gasteiger partial charge in [-0.2, -0.15) is 0 Å². The molecule has 0 amide bonds. The number of ether oxygens (including phenoxy) is 1. The Labute approximate surface area is 123 Å². The summed E-state index contributed by atoms with van der Waals surface area (Å²) in [5.41, 5.74) is 1.75. The minimum Gasteiger partial charge on any atom is -0.464 e. The second kappa shape index (κ2) is 6.08. The molecule has 1 aliphatic carbocycles. The van der Waals surface area contributed by atoms with E-state index in [2.05, 4.69) is 15.3 Å². The number of hydrogen-bond donors (Lipinski definition) is 1. The van der Waals surface area contributed by atoms with E-state index >= 15 is 0 Å². The first-order chi connectivity index (χ1) is 10.3. The highest BCUT2D eigenvalue weighted by Gasteiger charge is 2.20. The van der Waals surface area contributed by atoms with E-state index in [-0.39, 0.29) is 5.69 Å². The van der Waals surface area contributed by atoms with Crippen LogP contribution in [0.4, 0.5) is 5.82 Å². The maximum Gasteiger partial charge on any atom is 0.360 e. The molecule has 21 heavy (non-hydrogen) atoms. The van der Waals surface area contributed by atoms with Crippen LogP contribution in [-0.2, 0) is 4.74 Å². The highest BCUT2D eigenvalue weighted by atomic mass is 16.5. The molecule has 1 aliphatic rings. The number of nitrogens with zero attached hydrogens (tertiary/aromatic N) is 2. The molecule has 1 saturated carbocycles. The van der Waals surface area contributed by atoms with Gasteiger partial charge in [0.1, 0.15) is 0 Å². The van der Waals surface area contributed by atoms with Crippen molar-refractivity contribution in [2.75, 3.05) is 12.4 Å². The van der Waals surface area contributed by atoms with Gasteiger partial charge in [-0.1, -0.05) is 31.4 Å². The monoisotopic (exact) mass is 285 g/mol. The maximum atomic E-state index is 12.0. The molecule has 0 saturated heterocycles. The molecule has 5 nitrogen and oxygen atoms in total. The van der Waals surface area contributed by atoms with Crippen molar-refractivity contribution in [1.29, 1.82) is 0 Å². The lowest BCUT2D eigenvalue weighted by Crippen LogP contribution is -2.25. The zero-order valence-electron chi connectivity index (χ0n) is 12.1. The Bertz CT molecular complexity index is 651.